The minimum atomic E-state index is -2.71. The lowest BCUT2D eigenvalue weighted by Gasteiger charge is -1.99. The molecule has 70 valence electrons. The SMILES string of the molecule is Cc1ccccc1N=C(Cl)C(F)F. The van der Waals surface area contributed by atoms with Gasteiger partial charge in [0.25, 0.3) is 6.43 Å². The van der Waals surface area contributed by atoms with E-state index in [1.807, 2.05) is 6.07 Å². The van der Waals surface area contributed by atoms with E-state index in [1.54, 1.807) is 25.1 Å². The second-order valence-electron chi connectivity index (χ2n) is 2.52. The van der Waals surface area contributed by atoms with Crippen molar-refractivity contribution in [2.45, 2.75) is 13.3 Å². The van der Waals surface area contributed by atoms with Gasteiger partial charge >= 0.3 is 0 Å². The number of aryl methyl sites for hydroxylation is 1. The van der Waals surface area contributed by atoms with E-state index in [0.29, 0.717) is 5.69 Å². The molecule has 0 N–H and O–H groups in total. The van der Waals surface area contributed by atoms with Gasteiger partial charge in [-0.2, -0.15) is 0 Å². The molecule has 0 aliphatic rings. The minimum Gasteiger partial charge on any atom is -0.235 e. The van der Waals surface area contributed by atoms with E-state index in [4.69, 9.17) is 11.6 Å². The van der Waals surface area contributed by atoms with Crippen LogP contribution in [0.5, 0.6) is 0 Å². The van der Waals surface area contributed by atoms with Crippen molar-refractivity contribution in [3.8, 4) is 0 Å². The molecule has 0 saturated carbocycles. The van der Waals surface area contributed by atoms with Gasteiger partial charge in [-0.25, -0.2) is 13.8 Å². The van der Waals surface area contributed by atoms with Crippen LogP contribution in [0.3, 0.4) is 0 Å². The number of para-hydroxylation sites is 1. The number of nitrogens with zero attached hydrogens (tertiary/aromatic N) is 1. The van der Waals surface area contributed by atoms with Crippen LogP contribution in [0.15, 0.2) is 29.3 Å². The Morgan fingerprint density at radius 3 is 2.54 bits per heavy atom. The highest BCUT2D eigenvalue weighted by Gasteiger charge is 2.09. The Bertz CT molecular complexity index is 323. The standard InChI is InChI=1S/C9H8ClF2N/c1-6-4-2-3-5-7(6)13-8(10)9(11)12/h2-5,9H,1H3. The summed E-state index contributed by atoms with van der Waals surface area (Å²) >= 11 is 5.22. The van der Waals surface area contributed by atoms with Gasteiger partial charge in [-0.05, 0) is 18.6 Å². The van der Waals surface area contributed by atoms with Crippen LogP contribution < -0.4 is 0 Å². The van der Waals surface area contributed by atoms with E-state index >= 15 is 0 Å². The van der Waals surface area contributed by atoms with Crippen LogP contribution in [0.1, 0.15) is 5.56 Å². The fourth-order valence-corrected chi connectivity index (χ4v) is 0.944. The number of hydrogen-bond donors (Lipinski definition) is 0. The minimum absolute atomic E-state index is 0.479. The quantitative estimate of drug-likeness (QED) is 0.652. The van der Waals surface area contributed by atoms with Crippen molar-refractivity contribution in [1.29, 1.82) is 0 Å². The molecule has 0 aliphatic carbocycles. The summed E-state index contributed by atoms with van der Waals surface area (Å²) in [5.41, 5.74) is 1.30. The van der Waals surface area contributed by atoms with Crippen molar-refractivity contribution in [3.63, 3.8) is 0 Å². The van der Waals surface area contributed by atoms with Crippen molar-refractivity contribution < 1.29 is 8.78 Å². The second-order valence-corrected chi connectivity index (χ2v) is 2.91. The van der Waals surface area contributed by atoms with Crippen molar-refractivity contribution in [3.05, 3.63) is 29.8 Å². The Labute approximate surface area is 80.1 Å². The molecule has 4 heteroatoms. The summed E-state index contributed by atoms with van der Waals surface area (Å²) < 4.78 is 24.0. The first-order valence-electron chi connectivity index (χ1n) is 3.69. The zero-order valence-electron chi connectivity index (χ0n) is 6.97. The van der Waals surface area contributed by atoms with Gasteiger partial charge in [-0.1, -0.05) is 29.8 Å². The van der Waals surface area contributed by atoms with Crippen LogP contribution >= 0.6 is 11.6 Å². The molecule has 1 aromatic carbocycles. The third-order valence-corrected chi connectivity index (χ3v) is 1.77. The third-order valence-electron chi connectivity index (χ3n) is 1.52. The molecule has 0 fully saturated rings. The zero-order valence-corrected chi connectivity index (χ0v) is 7.72. The molecule has 0 heterocycles. The lowest BCUT2D eigenvalue weighted by molar-refractivity contribution is 0.229. The topological polar surface area (TPSA) is 12.4 Å². The molecule has 0 unspecified atom stereocenters. The molecule has 13 heavy (non-hydrogen) atoms. The summed E-state index contributed by atoms with van der Waals surface area (Å²) in [6, 6.07) is 6.96. The van der Waals surface area contributed by atoms with Crippen molar-refractivity contribution >= 4 is 22.5 Å². The highest BCUT2D eigenvalue weighted by atomic mass is 35.5. The van der Waals surface area contributed by atoms with Crippen molar-refractivity contribution in [1.82, 2.24) is 0 Å². The van der Waals surface area contributed by atoms with Crippen LogP contribution in [0.25, 0.3) is 0 Å². The van der Waals surface area contributed by atoms with Gasteiger partial charge in [0.05, 0.1) is 5.69 Å². The number of halogens is 3. The molecule has 0 bridgehead atoms. The van der Waals surface area contributed by atoms with Gasteiger partial charge in [-0.3, -0.25) is 0 Å². The number of aliphatic imine (C=N–C) groups is 1. The van der Waals surface area contributed by atoms with Crippen molar-refractivity contribution in [2.24, 2.45) is 4.99 Å². The first kappa shape index (κ1) is 10.1. The van der Waals surface area contributed by atoms with Crippen LogP contribution in [-0.2, 0) is 0 Å². The number of alkyl halides is 2. The lowest BCUT2D eigenvalue weighted by atomic mass is 10.2. The van der Waals surface area contributed by atoms with Gasteiger partial charge in [0.15, 0.2) is 5.17 Å². The van der Waals surface area contributed by atoms with E-state index in [0.717, 1.165) is 5.56 Å². The van der Waals surface area contributed by atoms with E-state index in [-0.39, 0.29) is 0 Å². The van der Waals surface area contributed by atoms with Crippen LogP contribution in [0, 0.1) is 6.92 Å². The average molecular weight is 204 g/mol. The van der Waals surface area contributed by atoms with E-state index < -0.39 is 11.6 Å². The molecule has 0 atom stereocenters. The van der Waals surface area contributed by atoms with Crippen LogP contribution in [0.2, 0.25) is 0 Å². The largest absolute Gasteiger partial charge is 0.290 e. The molecular weight excluding hydrogens is 196 g/mol. The Kier molecular flexibility index (Phi) is 3.37. The molecule has 1 aromatic rings. The smallest absolute Gasteiger partial charge is 0.235 e. The summed E-state index contributed by atoms with van der Waals surface area (Å²) in [5.74, 6) is 0. The van der Waals surface area contributed by atoms with E-state index in [9.17, 15) is 8.78 Å². The van der Waals surface area contributed by atoms with Crippen LogP contribution in [-0.4, -0.2) is 11.6 Å². The predicted molar refractivity (Wildman–Crippen MR) is 50.1 cm³/mol. The summed E-state index contributed by atoms with van der Waals surface area (Å²) in [4.78, 5) is 3.59. The Morgan fingerprint density at radius 2 is 2.00 bits per heavy atom. The molecule has 0 radical (unpaired) electrons. The number of benzene rings is 1. The van der Waals surface area contributed by atoms with Crippen LogP contribution in [0.4, 0.5) is 14.5 Å². The molecule has 0 saturated heterocycles. The highest BCUT2D eigenvalue weighted by Crippen LogP contribution is 2.19. The Hall–Kier alpha value is -0.960. The molecule has 0 aromatic heterocycles. The van der Waals surface area contributed by atoms with Gasteiger partial charge in [0, 0.05) is 0 Å². The summed E-state index contributed by atoms with van der Waals surface area (Å²) in [7, 11) is 0. The maximum absolute atomic E-state index is 12.0. The molecule has 0 aliphatic heterocycles. The first-order chi connectivity index (χ1) is 6.11. The second kappa shape index (κ2) is 4.33. The number of hydrogen-bond acceptors (Lipinski definition) is 1. The fraction of sp³-hybridized carbons (Fsp3) is 0.222. The molecule has 0 amide bonds. The summed E-state index contributed by atoms with van der Waals surface area (Å²) in [6.45, 7) is 1.79. The average Bonchev–Trinajstić information content (AvgIpc) is 2.08. The van der Waals surface area contributed by atoms with Gasteiger partial charge in [0.2, 0.25) is 0 Å². The molecule has 1 nitrogen and oxygen atoms in total. The molecular formula is C9H8ClF2N. The third kappa shape index (κ3) is 2.77. The van der Waals surface area contributed by atoms with Gasteiger partial charge in [-0.15, -0.1) is 0 Å². The molecule has 1 rings (SSSR count). The maximum Gasteiger partial charge on any atom is 0.290 e. The maximum atomic E-state index is 12.0. The normalized spacial score (nSPS) is 12.2. The zero-order chi connectivity index (χ0) is 9.84. The van der Waals surface area contributed by atoms with E-state index in [2.05, 4.69) is 4.99 Å². The van der Waals surface area contributed by atoms with E-state index in [1.165, 1.54) is 0 Å². The Morgan fingerprint density at radius 1 is 1.38 bits per heavy atom. The first-order valence-corrected chi connectivity index (χ1v) is 4.07. The van der Waals surface area contributed by atoms with Gasteiger partial charge in [0.1, 0.15) is 0 Å². The fourth-order valence-electron chi connectivity index (χ4n) is 0.853. The van der Waals surface area contributed by atoms with Crippen molar-refractivity contribution in [2.75, 3.05) is 0 Å². The number of rotatable bonds is 2. The summed E-state index contributed by atoms with van der Waals surface area (Å²) in [6.07, 6.45) is -2.71. The van der Waals surface area contributed by atoms with Gasteiger partial charge < -0.3 is 0 Å². The monoisotopic (exact) mass is 203 g/mol. The highest BCUT2D eigenvalue weighted by molar-refractivity contribution is 6.66. The predicted octanol–water partition coefficient (Wildman–Crippen LogP) is 3.53. The summed E-state index contributed by atoms with van der Waals surface area (Å²) in [5, 5.41) is -0.672. The molecule has 0 spiro atoms. The Balaban J connectivity index is 2.97. The lowest BCUT2D eigenvalue weighted by Crippen LogP contribution is -2.00.